The molecule has 2 N–H and O–H groups in total. The van der Waals surface area contributed by atoms with Gasteiger partial charge >= 0.3 is 0 Å². The molecule has 0 saturated carbocycles. The molecule has 2 aromatic carbocycles. The maximum atomic E-state index is 9.15. The van der Waals surface area contributed by atoms with E-state index in [0.29, 0.717) is 5.56 Å². The van der Waals surface area contributed by atoms with Gasteiger partial charge in [-0.1, -0.05) is 54.6 Å². The third-order valence-electron chi connectivity index (χ3n) is 3.86. The fourth-order valence-corrected chi connectivity index (χ4v) is 2.54. The fraction of sp³-hybridized carbons (Fsp3) is 0.100. The molecule has 0 spiro atoms. The molecule has 1 atom stereocenters. The number of aromatic nitrogens is 1. The quantitative estimate of drug-likeness (QED) is 0.784. The third kappa shape index (κ3) is 3.38. The summed E-state index contributed by atoms with van der Waals surface area (Å²) in [6, 6.07) is 24.7. The Labute approximate surface area is 136 Å². The average Bonchev–Trinajstić information content (AvgIpc) is 2.63. The van der Waals surface area contributed by atoms with Crippen molar-refractivity contribution in [2.75, 3.05) is 5.32 Å². The molecule has 0 aliphatic carbocycles. The monoisotopic (exact) mass is 300 g/mol. The number of pyridine rings is 1. The first-order valence-corrected chi connectivity index (χ1v) is 7.60. The van der Waals surface area contributed by atoms with E-state index in [1.54, 1.807) is 6.07 Å². The number of benzene rings is 2. The Balaban J connectivity index is 1.78. The summed E-state index contributed by atoms with van der Waals surface area (Å²) < 4.78 is 0. The predicted octanol–water partition coefficient (Wildman–Crippen LogP) is 4.21. The maximum Gasteiger partial charge on any atom is 0.290 e. The second-order valence-corrected chi connectivity index (χ2v) is 5.42. The van der Waals surface area contributed by atoms with Crippen LogP contribution < -0.4 is 10.3 Å². The molecule has 0 unspecified atom stereocenters. The van der Waals surface area contributed by atoms with Crippen molar-refractivity contribution in [1.82, 2.24) is 0 Å². The van der Waals surface area contributed by atoms with Gasteiger partial charge in [-0.2, -0.15) is 5.26 Å². The number of hydrogen-bond acceptors (Lipinski definition) is 2. The van der Waals surface area contributed by atoms with E-state index < -0.39 is 0 Å². The Morgan fingerprint density at radius 1 is 0.913 bits per heavy atom. The summed E-state index contributed by atoms with van der Waals surface area (Å²) in [6.45, 7) is 2.08. The van der Waals surface area contributed by atoms with Crippen LogP contribution in [0.25, 0.3) is 11.1 Å². The number of nitrogens with one attached hydrogen (secondary N) is 2. The van der Waals surface area contributed by atoms with E-state index in [4.69, 9.17) is 5.26 Å². The Bertz CT molecular complexity index is 818. The molecule has 23 heavy (non-hydrogen) atoms. The molecule has 3 aromatic rings. The lowest BCUT2D eigenvalue weighted by Crippen LogP contribution is -2.17. The van der Waals surface area contributed by atoms with Gasteiger partial charge in [-0.05, 0) is 35.7 Å². The summed E-state index contributed by atoms with van der Waals surface area (Å²) in [7, 11) is 0. The molecule has 112 valence electrons. The third-order valence-corrected chi connectivity index (χ3v) is 3.86. The van der Waals surface area contributed by atoms with Crippen molar-refractivity contribution >= 4 is 5.82 Å². The van der Waals surface area contributed by atoms with E-state index in [9.17, 15) is 0 Å². The topological polar surface area (TPSA) is 50.0 Å². The highest BCUT2D eigenvalue weighted by Gasteiger charge is 2.15. The lowest BCUT2D eigenvalue weighted by Gasteiger charge is -2.11. The van der Waals surface area contributed by atoms with Crippen molar-refractivity contribution in [2.45, 2.75) is 13.0 Å². The van der Waals surface area contributed by atoms with E-state index in [1.807, 2.05) is 30.5 Å². The van der Waals surface area contributed by atoms with Crippen LogP contribution in [0.3, 0.4) is 0 Å². The van der Waals surface area contributed by atoms with Crippen LogP contribution in [0.1, 0.15) is 24.1 Å². The number of rotatable bonds is 4. The Kier molecular flexibility index (Phi) is 4.35. The number of hydrogen-bond donors (Lipinski definition) is 1. The first kappa shape index (κ1) is 14.8. The van der Waals surface area contributed by atoms with Gasteiger partial charge in [-0.25, -0.2) is 4.98 Å². The van der Waals surface area contributed by atoms with Gasteiger partial charge in [0.15, 0.2) is 0 Å². The van der Waals surface area contributed by atoms with E-state index in [2.05, 4.69) is 59.7 Å². The van der Waals surface area contributed by atoms with Crippen LogP contribution >= 0.6 is 0 Å². The van der Waals surface area contributed by atoms with Gasteiger partial charge < -0.3 is 0 Å². The maximum absolute atomic E-state index is 9.15. The lowest BCUT2D eigenvalue weighted by atomic mass is 10.0. The molecule has 0 radical (unpaired) electrons. The molecule has 1 heterocycles. The van der Waals surface area contributed by atoms with Crippen LogP contribution in [0.5, 0.6) is 0 Å². The Hall–Kier alpha value is -3.12. The summed E-state index contributed by atoms with van der Waals surface area (Å²) in [4.78, 5) is 3.09. The smallest absolute Gasteiger partial charge is 0.267 e. The Morgan fingerprint density at radius 2 is 1.61 bits per heavy atom. The highest BCUT2D eigenvalue weighted by Crippen LogP contribution is 2.23. The zero-order valence-corrected chi connectivity index (χ0v) is 13.0. The first-order chi connectivity index (χ1) is 11.3. The summed E-state index contributed by atoms with van der Waals surface area (Å²) in [5.41, 5.74) is 4.19. The number of nitriles is 1. The average molecular weight is 300 g/mol. The van der Waals surface area contributed by atoms with Crippen LogP contribution in [-0.4, -0.2) is 0 Å². The Morgan fingerprint density at radius 3 is 2.30 bits per heavy atom. The minimum atomic E-state index is 0.102. The SMILES string of the molecule is C[C@@H](Nc1[nH+]cccc1C#N)c1ccc(-c2ccccc2)cc1. The number of H-pyrrole nitrogens is 1. The molecule has 3 heteroatoms. The van der Waals surface area contributed by atoms with E-state index in [1.165, 1.54) is 16.7 Å². The van der Waals surface area contributed by atoms with Gasteiger partial charge in [0.25, 0.3) is 5.82 Å². The van der Waals surface area contributed by atoms with Crippen LogP contribution in [0, 0.1) is 11.3 Å². The molecule has 0 fully saturated rings. The van der Waals surface area contributed by atoms with Gasteiger partial charge in [-0.3, -0.25) is 5.32 Å². The number of aromatic amines is 1. The summed E-state index contributed by atoms with van der Waals surface area (Å²) >= 11 is 0. The van der Waals surface area contributed by atoms with Crippen molar-refractivity contribution in [3.63, 3.8) is 0 Å². The molecular weight excluding hydrogens is 282 g/mol. The molecule has 0 aliphatic heterocycles. The van der Waals surface area contributed by atoms with Crippen molar-refractivity contribution in [1.29, 1.82) is 5.26 Å². The zero-order valence-electron chi connectivity index (χ0n) is 13.0. The van der Waals surface area contributed by atoms with Gasteiger partial charge in [-0.15, -0.1) is 0 Å². The molecule has 1 aromatic heterocycles. The summed E-state index contributed by atoms with van der Waals surface area (Å²) in [5.74, 6) is 0.745. The summed E-state index contributed by atoms with van der Waals surface area (Å²) in [5, 5.41) is 12.5. The minimum Gasteiger partial charge on any atom is -0.267 e. The second-order valence-electron chi connectivity index (χ2n) is 5.42. The fourth-order valence-electron chi connectivity index (χ4n) is 2.54. The molecular formula is C20H18N3+. The van der Waals surface area contributed by atoms with Crippen LogP contribution in [-0.2, 0) is 0 Å². The highest BCUT2D eigenvalue weighted by atomic mass is 15.0. The number of anilines is 1. The molecule has 0 saturated heterocycles. The first-order valence-electron chi connectivity index (χ1n) is 7.60. The van der Waals surface area contributed by atoms with Gasteiger partial charge in [0.1, 0.15) is 17.7 Å². The highest BCUT2D eigenvalue weighted by molar-refractivity contribution is 5.63. The van der Waals surface area contributed by atoms with E-state index in [0.717, 1.165) is 5.82 Å². The predicted molar refractivity (Wildman–Crippen MR) is 91.6 cm³/mol. The minimum absolute atomic E-state index is 0.102. The lowest BCUT2D eigenvalue weighted by molar-refractivity contribution is -0.361. The molecule has 0 amide bonds. The standard InChI is InChI=1S/C20H17N3/c1-15(23-20-19(14-21)8-5-13-22-20)16-9-11-18(12-10-16)17-6-3-2-4-7-17/h2-13,15H,1H3,(H,22,23)/p+1/t15-/m1/s1. The molecule has 3 nitrogen and oxygen atoms in total. The largest absolute Gasteiger partial charge is 0.290 e. The summed E-state index contributed by atoms with van der Waals surface area (Å²) in [6.07, 6.45) is 1.81. The van der Waals surface area contributed by atoms with Crippen molar-refractivity contribution < 1.29 is 4.98 Å². The zero-order chi connectivity index (χ0) is 16.1. The number of nitrogens with zero attached hydrogens (tertiary/aromatic N) is 1. The van der Waals surface area contributed by atoms with Crippen LogP contribution in [0.2, 0.25) is 0 Å². The van der Waals surface area contributed by atoms with Crippen LogP contribution in [0.15, 0.2) is 72.9 Å². The van der Waals surface area contributed by atoms with Crippen molar-refractivity contribution in [3.05, 3.63) is 84.1 Å². The second kappa shape index (κ2) is 6.76. The van der Waals surface area contributed by atoms with Gasteiger partial charge in [0.2, 0.25) is 0 Å². The van der Waals surface area contributed by atoms with Crippen LogP contribution in [0.4, 0.5) is 5.82 Å². The van der Waals surface area contributed by atoms with Crippen molar-refractivity contribution in [2.24, 2.45) is 0 Å². The molecule has 0 aliphatic rings. The van der Waals surface area contributed by atoms with Gasteiger partial charge in [0, 0.05) is 0 Å². The van der Waals surface area contributed by atoms with Crippen molar-refractivity contribution in [3.8, 4) is 17.2 Å². The van der Waals surface area contributed by atoms with Gasteiger partial charge in [0.05, 0.1) is 6.20 Å². The van der Waals surface area contributed by atoms with E-state index >= 15 is 0 Å². The molecule has 3 rings (SSSR count). The molecule has 0 bridgehead atoms. The normalized spacial score (nSPS) is 11.5. The van der Waals surface area contributed by atoms with E-state index in [-0.39, 0.29) is 6.04 Å².